The predicted molar refractivity (Wildman–Crippen MR) is 94.3 cm³/mol. The average Bonchev–Trinajstić information content (AvgIpc) is 2.67. The molecule has 0 fully saturated rings. The van der Waals surface area contributed by atoms with Crippen LogP contribution in [0.5, 0.6) is 0 Å². The van der Waals surface area contributed by atoms with Gasteiger partial charge in [0.05, 0.1) is 36.4 Å². The molecule has 0 bridgehead atoms. The highest BCUT2D eigenvalue weighted by molar-refractivity contribution is 4.80. The third-order valence-corrected chi connectivity index (χ3v) is 3.24. The van der Waals surface area contributed by atoms with Crippen LogP contribution in [0.25, 0.3) is 0 Å². The normalized spacial score (nSPS) is 8.77. The van der Waals surface area contributed by atoms with Gasteiger partial charge >= 0.3 is 0 Å². The maximum Gasteiger partial charge on any atom is 0.0635 e. The van der Waals surface area contributed by atoms with Crippen LogP contribution in [-0.4, -0.2) is 49.1 Å². The number of hydrogen-bond donors (Lipinski definition) is 0. The van der Waals surface area contributed by atoms with E-state index in [0.717, 1.165) is 0 Å². The van der Waals surface area contributed by atoms with E-state index in [1.165, 1.54) is 0 Å². The molecule has 0 aliphatic rings. The molecule has 8 nitrogen and oxygen atoms in total. The summed E-state index contributed by atoms with van der Waals surface area (Å²) < 4.78 is 0. The fourth-order valence-corrected chi connectivity index (χ4v) is 1.92. The molecule has 0 spiro atoms. The van der Waals surface area contributed by atoms with E-state index in [-0.39, 0.29) is 0 Å². The molecule has 0 saturated heterocycles. The summed E-state index contributed by atoms with van der Waals surface area (Å²) in [5.41, 5.74) is 0. The van der Waals surface area contributed by atoms with E-state index in [9.17, 15) is 0 Å². The Kier molecular flexibility index (Phi) is 21.1. The minimum atomic E-state index is 0.455. The lowest BCUT2D eigenvalue weighted by molar-refractivity contribution is 0.293. The number of nitriles is 6. The van der Waals surface area contributed by atoms with Crippen LogP contribution in [0.4, 0.5) is 0 Å². The summed E-state index contributed by atoms with van der Waals surface area (Å²) in [6, 6.07) is 12.3. The monoisotopic (exact) mass is 352 g/mol. The molecule has 0 aromatic heterocycles. The van der Waals surface area contributed by atoms with Crippen molar-refractivity contribution >= 4 is 0 Å². The van der Waals surface area contributed by atoms with Gasteiger partial charge in [0.2, 0.25) is 0 Å². The Hall–Kier alpha value is -3.14. The van der Waals surface area contributed by atoms with Gasteiger partial charge in [0.15, 0.2) is 0 Å². The third-order valence-electron chi connectivity index (χ3n) is 3.24. The Morgan fingerprint density at radius 3 is 0.615 bits per heavy atom. The van der Waals surface area contributed by atoms with E-state index in [0.29, 0.717) is 77.8 Å². The first-order valence-corrected chi connectivity index (χ1v) is 8.36. The quantitative estimate of drug-likeness (QED) is 0.518. The Morgan fingerprint density at radius 2 is 0.500 bits per heavy atom. The zero-order chi connectivity index (χ0) is 19.9. The van der Waals surface area contributed by atoms with Crippen molar-refractivity contribution in [1.29, 1.82) is 31.6 Å². The second kappa shape index (κ2) is 21.9. The van der Waals surface area contributed by atoms with Crippen LogP contribution in [0.2, 0.25) is 0 Å². The van der Waals surface area contributed by atoms with E-state index >= 15 is 0 Å². The van der Waals surface area contributed by atoms with Crippen LogP contribution < -0.4 is 0 Å². The first-order chi connectivity index (χ1) is 12.7. The summed E-state index contributed by atoms with van der Waals surface area (Å²) in [5.74, 6) is 0. The zero-order valence-corrected chi connectivity index (χ0v) is 15.1. The first-order valence-electron chi connectivity index (χ1n) is 8.36. The highest BCUT2D eigenvalue weighted by atomic mass is 15.1. The second-order valence-corrected chi connectivity index (χ2v) is 5.13. The molecule has 26 heavy (non-hydrogen) atoms. The second-order valence-electron chi connectivity index (χ2n) is 5.13. The van der Waals surface area contributed by atoms with Gasteiger partial charge < -0.3 is 9.80 Å². The molecule has 0 aromatic rings. The fourth-order valence-electron chi connectivity index (χ4n) is 1.92. The standard InChI is InChI=1S/2C9H12N4/c2*10-4-1-7-13(8-2-5-11)9-3-6-12/h2*1-3,7-9H2. The molecule has 8 heteroatoms. The van der Waals surface area contributed by atoms with Crippen LogP contribution >= 0.6 is 0 Å². The van der Waals surface area contributed by atoms with Crippen molar-refractivity contribution in [2.75, 3.05) is 39.3 Å². The minimum absolute atomic E-state index is 0.455. The molecule has 0 amide bonds. The molecule has 0 unspecified atom stereocenters. The molecule has 0 aliphatic heterocycles. The summed E-state index contributed by atoms with van der Waals surface area (Å²) in [6.07, 6.45) is 2.73. The van der Waals surface area contributed by atoms with Gasteiger partial charge in [0.25, 0.3) is 0 Å². The molecule has 0 saturated carbocycles. The number of hydrogen-bond acceptors (Lipinski definition) is 8. The molecule has 0 N–H and O–H groups in total. The van der Waals surface area contributed by atoms with Gasteiger partial charge in [0, 0.05) is 77.8 Å². The van der Waals surface area contributed by atoms with Crippen LogP contribution in [-0.2, 0) is 0 Å². The maximum absolute atomic E-state index is 8.36. The molecular weight excluding hydrogens is 328 g/mol. The van der Waals surface area contributed by atoms with Crippen LogP contribution in [0, 0.1) is 68.0 Å². The first kappa shape index (κ1) is 25.1. The third kappa shape index (κ3) is 18.9. The van der Waals surface area contributed by atoms with Gasteiger partial charge in [-0.3, -0.25) is 0 Å². The topological polar surface area (TPSA) is 149 Å². The van der Waals surface area contributed by atoms with Gasteiger partial charge in [-0.1, -0.05) is 0 Å². The molecule has 0 rings (SSSR count). The Balaban J connectivity index is 0. The van der Waals surface area contributed by atoms with Crippen LogP contribution in [0.3, 0.4) is 0 Å². The lowest BCUT2D eigenvalue weighted by Gasteiger charge is -2.17. The van der Waals surface area contributed by atoms with Gasteiger partial charge in [-0.2, -0.15) is 31.6 Å². The summed E-state index contributed by atoms with van der Waals surface area (Å²) in [6.45, 7) is 3.92. The highest BCUT2D eigenvalue weighted by Crippen LogP contribution is 1.96. The van der Waals surface area contributed by atoms with Gasteiger partial charge in [-0.25, -0.2) is 0 Å². The van der Waals surface area contributed by atoms with Crippen LogP contribution in [0.15, 0.2) is 0 Å². The SMILES string of the molecule is N#CCCN(CCC#N)CCC#N.N#CCCN(CCC#N)CCC#N. The minimum Gasteiger partial charge on any atom is -0.300 e. The molecule has 0 heterocycles. The lowest BCUT2D eigenvalue weighted by Crippen LogP contribution is -2.26. The van der Waals surface area contributed by atoms with Crippen molar-refractivity contribution < 1.29 is 0 Å². The maximum atomic E-state index is 8.36. The van der Waals surface area contributed by atoms with Crippen molar-refractivity contribution in [2.24, 2.45) is 0 Å². The molecule has 0 radical (unpaired) electrons. The van der Waals surface area contributed by atoms with Crippen molar-refractivity contribution in [3.05, 3.63) is 0 Å². The van der Waals surface area contributed by atoms with E-state index in [1.54, 1.807) is 0 Å². The molecular formula is C18H24N8. The number of nitrogens with zero attached hydrogens (tertiary/aromatic N) is 8. The zero-order valence-electron chi connectivity index (χ0n) is 15.1. The van der Waals surface area contributed by atoms with E-state index in [4.69, 9.17) is 31.6 Å². The smallest absolute Gasteiger partial charge is 0.0635 e. The molecule has 0 aliphatic carbocycles. The van der Waals surface area contributed by atoms with Crippen molar-refractivity contribution in [1.82, 2.24) is 9.80 Å². The summed E-state index contributed by atoms with van der Waals surface area (Å²) in [7, 11) is 0. The Morgan fingerprint density at radius 1 is 0.346 bits per heavy atom. The van der Waals surface area contributed by atoms with Crippen molar-refractivity contribution in [3.8, 4) is 36.4 Å². The Bertz CT molecular complexity index is 448. The van der Waals surface area contributed by atoms with E-state index in [1.807, 2.05) is 46.2 Å². The van der Waals surface area contributed by atoms with Gasteiger partial charge in [0.1, 0.15) is 0 Å². The highest BCUT2D eigenvalue weighted by Gasteiger charge is 2.03. The largest absolute Gasteiger partial charge is 0.300 e. The Labute approximate surface area is 156 Å². The van der Waals surface area contributed by atoms with Gasteiger partial charge in [-0.15, -0.1) is 0 Å². The summed E-state index contributed by atoms with van der Waals surface area (Å²) in [4.78, 5) is 3.94. The summed E-state index contributed by atoms with van der Waals surface area (Å²) in [5, 5.41) is 50.2. The van der Waals surface area contributed by atoms with Gasteiger partial charge in [-0.05, 0) is 0 Å². The fraction of sp³-hybridized carbons (Fsp3) is 0.667. The lowest BCUT2D eigenvalue weighted by atomic mass is 10.3. The molecule has 0 aromatic carbocycles. The van der Waals surface area contributed by atoms with Crippen LogP contribution in [0.1, 0.15) is 38.5 Å². The predicted octanol–water partition coefficient (Wildman–Crippen LogP) is 2.06. The van der Waals surface area contributed by atoms with E-state index in [2.05, 4.69) is 0 Å². The summed E-state index contributed by atoms with van der Waals surface area (Å²) >= 11 is 0. The molecule has 0 atom stereocenters. The van der Waals surface area contributed by atoms with Crippen molar-refractivity contribution in [3.63, 3.8) is 0 Å². The van der Waals surface area contributed by atoms with Crippen molar-refractivity contribution in [2.45, 2.75) is 38.5 Å². The average molecular weight is 352 g/mol. The van der Waals surface area contributed by atoms with E-state index < -0.39 is 0 Å². The molecule has 136 valence electrons. The number of rotatable bonds is 12.